The highest BCUT2D eigenvalue weighted by Crippen LogP contribution is 2.41. The van der Waals surface area contributed by atoms with Crippen molar-refractivity contribution >= 4 is 35.5 Å². The van der Waals surface area contributed by atoms with Gasteiger partial charge >= 0.3 is 5.97 Å². The Kier molecular flexibility index (Phi) is 7.51. The van der Waals surface area contributed by atoms with Gasteiger partial charge in [0.15, 0.2) is 0 Å². The first-order valence-electron chi connectivity index (χ1n) is 13.5. The molecule has 1 saturated heterocycles. The molecule has 3 heterocycles. The quantitative estimate of drug-likeness (QED) is 0.187. The van der Waals surface area contributed by atoms with Crippen molar-refractivity contribution in [2.24, 2.45) is 0 Å². The van der Waals surface area contributed by atoms with E-state index in [-0.39, 0.29) is 18.2 Å². The number of fused-ring (bicyclic) bond motifs is 1. The van der Waals surface area contributed by atoms with Crippen molar-refractivity contribution in [1.29, 1.82) is 0 Å². The molecule has 0 saturated carbocycles. The maximum atomic E-state index is 12.9. The van der Waals surface area contributed by atoms with Crippen molar-refractivity contribution in [3.05, 3.63) is 132 Å². The summed E-state index contributed by atoms with van der Waals surface area (Å²) < 4.78 is 0. The molecule has 0 bridgehead atoms. The molecule has 2 amide bonds. The van der Waals surface area contributed by atoms with E-state index in [2.05, 4.69) is 32.6 Å². The lowest BCUT2D eigenvalue weighted by Crippen LogP contribution is -2.70. The van der Waals surface area contributed by atoms with Gasteiger partial charge in [-0.15, -0.1) is 16.9 Å². The first-order chi connectivity index (χ1) is 20.9. The van der Waals surface area contributed by atoms with Crippen molar-refractivity contribution in [3.63, 3.8) is 0 Å². The SMILES string of the molecule is C=CC1=C(C(=O)O)N2C(=O)C(NC(=O)Cn3nnc(NC(c4ccccc4)(c4ccccc4)c4ccccc4)n3)[C@@H]2SC1. The van der Waals surface area contributed by atoms with Crippen LogP contribution < -0.4 is 10.6 Å². The maximum Gasteiger partial charge on any atom is 0.352 e. The third-order valence-electron chi connectivity index (χ3n) is 7.42. The van der Waals surface area contributed by atoms with Crippen molar-refractivity contribution in [2.75, 3.05) is 11.1 Å². The highest BCUT2D eigenvalue weighted by molar-refractivity contribution is 8.00. The summed E-state index contributed by atoms with van der Waals surface area (Å²) in [6.07, 6.45) is 1.44. The van der Waals surface area contributed by atoms with Crippen LogP contribution in [0.3, 0.4) is 0 Å². The molecule has 4 aromatic rings. The monoisotopic (exact) mass is 593 g/mol. The lowest BCUT2D eigenvalue weighted by molar-refractivity contribution is -0.150. The van der Waals surface area contributed by atoms with Crippen LogP contribution in [0.1, 0.15) is 16.7 Å². The van der Waals surface area contributed by atoms with E-state index in [0.717, 1.165) is 21.5 Å². The van der Waals surface area contributed by atoms with Crippen LogP contribution >= 0.6 is 11.8 Å². The van der Waals surface area contributed by atoms with E-state index >= 15 is 0 Å². The minimum Gasteiger partial charge on any atom is -0.477 e. The van der Waals surface area contributed by atoms with Gasteiger partial charge in [0.2, 0.25) is 5.91 Å². The van der Waals surface area contributed by atoms with Crippen LogP contribution in [0.4, 0.5) is 5.95 Å². The smallest absolute Gasteiger partial charge is 0.352 e. The van der Waals surface area contributed by atoms with Gasteiger partial charge in [-0.1, -0.05) is 109 Å². The Morgan fingerprint density at radius 2 is 1.53 bits per heavy atom. The molecule has 0 spiro atoms. The number of allylic oxidation sites excluding steroid dienone is 1. The number of hydrogen-bond acceptors (Lipinski definition) is 8. The number of hydrogen-bond donors (Lipinski definition) is 3. The van der Waals surface area contributed by atoms with Gasteiger partial charge in [-0.05, 0) is 27.5 Å². The number of β-lactam (4-membered cyclic amide) rings is 1. The Morgan fingerprint density at radius 1 is 0.977 bits per heavy atom. The molecule has 1 fully saturated rings. The summed E-state index contributed by atoms with van der Waals surface area (Å²) in [7, 11) is 0. The average Bonchev–Trinajstić information content (AvgIpc) is 3.49. The number of carbonyl (C=O) groups is 3. The fourth-order valence-corrected chi connectivity index (χ4v) is 6.80. The van der Waals surface area contributed by atoms with E-state index in [9.17, 15) is 19.5 Å². The molecular formula is C31H27N7O4S. The summed E-state index contributed by atoms with van der Waals surface area (Å²) in [6.45, 7) is 3.36. The van der Waals surface area contributed by atoms with Crippen molar-refractivity contribution in [1.82, 2.24) is 30.4 Å². The standard InChI is InChI=1S/C31H27N7O4S/c1-2-20-19-43-28-25(27(40)38(28)26(20)29(41)42)32-24(39)18-37-35-30(34-36-37)33-31(21-12-6-3-7-13-21,22-14-8-4-9-15-22)23-16-10-5-11-17-23/h2-17,25,28H,1,18-19H2,(H,32,39)(H,33,35)(H,41,42)/t25?,28-/m0/s1. The van der Waals surface area contributed by atoms with Gasteiger partial charge in [0.1, 0.15) is 29.2 Å². The number of carboxylic acid groups (broad SMARTS) is 1. The molecule has 2 atom stereocenters. The molecule has 0 aliphatic carbocycles. The Hall–Kier alpha value is -5.23. The molecule has 3 aromatic carbocycles. The van der Waals surface area contributed by atoms with E-state index in [4.69, 9.17) is 0 Å². The van der Waals surface area contributed by atoms with Crippen LogP contribution in [0.25, 0.3) is 0 Å². The number of carboxylic acids is 1. The fourth-order valence-electron chi connectivity index (χ4n) is 5.46. The molecule has 11 nitrogen and oxygen atoms in total. The molecule has 3 N–H and O–H groups in total. The van der Waals surface area contributed by atoms with Crippen LogP contribution in [-0.2, 0) is 26.5 Å². The van der Waals surface area contributed by atoms with E-state index < -0.39 is 34.7 Å². The van der Waals surface area contributed by atoms with Crippen LogP contribution in [0.5, 0.6) is 0 Å². The normalized spacial score (nSPS) is 18.0. The van der Waals surface area contributed by atoms with Gasteiger partial charge < -0.3 is 15.7 Å². The summed E-state index contributed by atoms with van der Waals surface area (Å²) in [4.78, 5) is 39.9. The second kappa shape index (κ2) is 11.6. The summed E-state index contributed by atoms with van der Waals surface area (Å²) in [5, 5.41) is 28.0. The number of aliphatic carboxylic acids is 1. The number of tetrazole rings is 1. The fraction of sp³-hybridized carbons (Fsp3) is 0.161. The predicted molar refractivity (Wildman–Crippen MR) is 161 cm³/mol. The van der Waals surface area contributed by atoms with Gasteiger partial charge in [-0.25, -0.2) is 4.79 Å². The molecule has 6 rings (SSSR count). The summed E-state index contributed by atoms with van der Waals surface area (Å²) in [5.74, 6) is -1.63. The zero-order valence-electron chi connectivity index (χ0n) is 22.8. The average molecular weight is 594 g/mol. The topological polar surface area (TPSA) is 142 Å². The molecule has 1 unspecified atom stereocenters. The maximum absolute atomic E-state index is 12.9. The Morgan fingerprint density at radius 3 is 2.05 bits per heavy atom. The number of nitrogens with one attached hydrogen (secondary N) is 2. The van der Waals surface area contributed by atoms with Crippen LogP contribution in [0.15, 0.2) is 115 Å². The number of carbonyl (C=O) groups excluding carboxylic acids is 2. The first-order valence-corrected chi connectivity index (χ1v) is 14.5. The third kappa shape index (κ3) is 5.06. The number of rotatable bonds is 10. The van der Waals surface area contributed by atoms with Gasteiger partial charge in [-0.2, -0.15) is 4.80 Å². The van der Waals surface area contributed by atoms with Gasteiger partial charge in [0, 0.05) is 5.75 Å². The molecule has 2 aliphatic rings. The summed E-state index contributed by atoms with van der Waals surface area (Å²) in [5.41, 5.74) is 2.36. The Bertz CT molecular complexity index is 1610. The van der Waals surface area contributed by atoms with Gasteiger partial charge in [0.05, 0.1) is 0 Å². The number of amides is 2. The highest BCUT2D eigenvalue weighted by atomic mass is 32.2. The highest BCUT2D eigenvalue weighted by Gasteiger charge is 2.54. The third-order valence-corrected chi connectivity index (χ3v) is 8.72. The molecular weight excluding hydrogens is 566 g/mol. The number of anilines is 1. The Balaban J connectivity index is 1.23. The molecule has 12 heteroatoms. The second-order valence-corrected chi connectivity index (χ2v) is 11.1. The molecule has 1 aromatic heterocycles. The Labute approximate surface area is 251 Å². The van der Waals surface area contributed by atoms with Gasteiger partial charge in [-0.3, -0.25) is 14.5 Å². The van der Waals surface area contributed by atoms with Gasteiger partial charge in [0.25, 0.3) is 11.9 Å². The first kappa shape index (κ1) is 27.9. The van der Waals surface area contributed by atoms with E-state index in [0.29, 0.717) is 11.3 Å². The minimum atomic E-state index is -1.21. The predicted octanol–water partition coefficient (Wildman–Crippen LogP) is 3.00. The van der Waals surface area contributed by atoms with Crippen LogP contribution in [-0.4, -0.2) is 65.2 Å². The minimum absolute atomic E-state index is 0.0957. The number of aromatic nitrogens is 4. The van der Waals surface area contributed by atoms with Crippen molar-refractivity contribution < 1.29 is 19.5 Å². The van der Waals surface area contributed by atoms with E-state index in [1.54, 1.807) is 0 Å². The van der Waals surface area contributed by atoms with Crippen LogP contribution in [0.2, 0.25) is 0 Å². The number of thioether (sulfide) groups is 1. The zero-order chi connectivity index (χ0) is 30.0. The lowest BCUT2D eigenvalue weighted by Gasteiger charge is -2.49. The summed E-state index contributed by atoms with van der Waals surface area (Å²) in [6, 6.07) is 28.9. The van der Waals surface area contributed by atoms with Crippen molar-refractivity contribution in [2.45, 2.75) is 23.5 Å². The van der Waals surface area contributed by atoms with E-state index in [1.165, 1.54) is 22.7 Å². The molecule has 216 valence electrons. The largest absolute Gasteiger partial charge is 0.477 e. The zero-order valence-corrected chi connectivity index (χ0v) is 23.6. The molecule has 43 heavy (non-hydrogen) atoms. The molecule has 0 radical (unpaired) electrons. The molecule has 2 aliphatic heterocycles. The number of benzene rings is 3. The van der Waals surface area contributed by atoms with Crippen LogP contribution in [0, 0.1) is 0 Å². The second-order valence-electron chi connectivity index (χ2n) is 9.95. The van der Waals surface area contributed by atoms with Crippen molar-refractivity contribution in [3.8, 4) is 0 Å². The summed E-state index contributed by atoms with van der Waals surface area (Å²) >= 11 is 1.37. The van der Waals surface area contributed by atoms with E-state index in [1.807, 2.05) is 91.0 Å². The lowest BCUT2D eigenvalue weighted by atomic mass is 9.77. The number of nitrogens with zero attached hydrogens (tertiary/aromatic N) is 5.